The first kappa shape index (κ1) is 12.1. The number of ether oxygens (including phenoxy) is 1. The minimum atomic E-state index is 0.449. The number of hydrogen-bond acceptors (Lipinski definition) is 3. The topological polar surface area (TPSA) is 50.8 Å². The van der Waals surface area contributed by atoms with Gasteiger partial charge in [0.25, 0.3) is 0 Å². The zero-order valence-corrected chi connectivity index (χ0v) is 11.7. The number of benzene rings is 1. The van der Waals surface area contributed by atoms with Crippen LogP contribution in [-0.2, 0) is 4.74 Å². The van der Waals surface area contributed by atoms with Crippen molar-refractivity contribution in [2.24, 2.45) is 0 Å². The van der Waals surface area contributed by atoms with E-state index in [1.54, 1.807) is 0 Å². The van der Waals surface area contributed by atoms with Crippen LogP contribution in [0.1, 0.15) is 24.6 Å². The molecular formula is C15H14ClN3O. The first-order valence-corrected chi connectivity index (χ1v) is 7.21. The number of hydrogen-bond donors (Lipinski definition) is 1. The highest BCUT2D eigenvalue weighted by Gasteiger charge is 2.20. The van der Waals surface area contributed by atoms with Gasteiger partial charge in [-0.05, 0) is 31.0 Å². The summed E-state index contributed by atoms with van der Waals surface area (Å²) in [6.45, 7) is 1.62. The van der Waals surface area contributed by atoms with Gasteiger partial charge < -0.3 is 9.72 Å². The molecule has 1 N–H and O–H groups in total. The van der Waals surface area contributed by atoms with E-state index in [1.165, 1.54) is 0 Å². The van der Waals surface area contributed by atoms with E-state index in [9.17, 15) is 0 Å². The molecule has 0 spiro atoms. The lowest BCUT2D eigenvalue weighted by molar-refractivity contribution is 0.0838. The van der Waals surface area contributed by atoms with Crippen molar-refractivity contribution >= 4 is 33.5 Å². The van der Waals surface area contributed by atoms with Crippen molar-refractivity contribution in [1.29, 1.82) is 0 Å². The van der Waals surface area contributed by atoms with E-state index >= 15 is 0 Å². The van der Waals surface area contributed by atoms with E-state index in [4.69, 9.17) is 21.3 Å². The molecule has 1 fully saturated rings. The second-order valence-electron chi connectivity index (χ2n) is 5.19. The summed E-state index contributed by atoms with van der Waals surface area (Å²) in [6, 6.07) is 5.74. The van der Waals surface area contributed by atoms with Crippen molar-refractivity contribution in [1.82, 2.24) is 15.0 Å². The first-order valence-electron chi connectivity index (χ1n) is 6.83. The molecular weight excluding hydrogens is 274 g/mol. The van der Waals surface area contributed by atoms with Gasteiger partial charge in [0.1, 0.15) is 11.3 Å². The van der Waals surface area contributed by atoms with Crippen LogP contribution >= 0.6 is 11.6 Å². The van der Waals surface area contributed by atoms with E-state index in [2.05, 4.69) is 9.97 Å². The van der Waals surface area contributed by atoms with Gasteiger partial charge in [-0.3, -0.25) is 4.98 Å². The molecule has 1 aliphatic heterocycles. The quantitative estimate of drug-likeness (QED) is 0.743. The van der Waals surface area contributed by atoms with Gasteiger partial charge in [-0.25, -0.2) is 4.98 Å². The van der Waals surface area contributed by atoms with Crippen LogP contribution in [0.4, 0.5) is 0 Å². The molecule has 4 nitrogen and oxygen atoms in total. The van der Waals surface area contributed by atoms with Crippen molar-refractivity contribution in [3.05, 3.63) is 35.2 Å². The van der Waals surface area contributed by atoms with Gasteiger partial charge in [-0.1, -0.05) is 11.6 Å². The van der Waals surface area contributed by atoms with Crippen LogP contribution in [0.3, 0.4) is 0 Å². The van der Waals surface area contributed by atoms with Crippen LogP contribution in [0.25, 0.3) is 21.9 Å². The van der Waals surface area contributed by atoms with Crippen LogP contribution in [0.5, 0.6) is 0 Å². The molecule has 20 heavy (non-hydrogen) atoms. The minimum absolute atomic E-state index is 0.449. The molecule has 0 saturated carbocycles. The van der Waals surface area contributed by atoms with Crippen molar-refractivity contribution in [2.75, 3.05) is 13.2 Å². The maximum absolute atomic E-state index is 6.10. The molecule has 4 rings (SSSR count). The Labute approximate surface area is 121 Å². The third kappa shape index (κ3) is 1.96. The fraction of sp³-hybridized carbons (Fsp3) is 0.333. The maximum Gasteiger partial charge on any atom is 0.110 e. The summed E-state index contributed by atoms with van der Waals surface area (Å²) in [5.74, 6) is 1.49. The lowest BCUT2D eigenvalue weighted by Crippen LogP contribution is -2.15. The minimum Gasteiger partial charge on any atom is -0.381 e. The number of aromatic nitrogens is 3. The second-order valence-corrected chi connectivity index (χ2v) is 5.63. The van der Waals surface area contributed by atoms with Gasteiger partial charge >= 0.3 is 0 Å². The molecule has 2 aromatic heterocycles. The third-order valence-electron chi connectivity index (χ3n) is 3.91. The summed E-state index contributed by atoms with van der Waals surface area (Å²) in [5, 5.41) is 1.75. The van der Waals surface area contributed by atoms with Crippen molar-refractivity contribution in [3.63, 3.8) is 0 Å². The molecule has 5 heteroatoms. The molecule has 102 valence electrons. The predicted octanol–water partition coefficient (Wildman–Crippen LogP) is 3.66. The summed E-state index contributed by atoms with van der Waals surface area (Å²) in [7, 11) is 0. The smallest absolute Gasteiger partial charge is 0.110 e. The van der Waals surface area contributed by atoms with Gasteiger partial charge in [0.05, 0.1) is 17.2 Å². The Morgan fingerprint density at radius 3 is 2.90 bits per heavy atom. The fourth-order valence-electron chi connectivity index (χ4n) is 2.82. The Balaban J connectivity index is 1.89. The number of pyridine rings is 1. The van der Waals surface area contributed by atoms with Crippen LogP contribution in [0.2, 0.25) is 5.02 Å². The standard InChI is InChI=1S/C15H14ClN3O/c16-10-1-2-12-11(7-10)14-13(8-17-12)18-15(19-14)9-3-5-20-6-4-9/h1-2,7-9H,3-6H2,(H,18,19). The van der Waals surface area contributed by atoms with Crippen molar-refractivity contribution in [2.45, 2.75) is 18.8 Å². The van der Waals surface area contributed by atoms with E-state index in [0.29, 0.717) is 10.9 Å². The van der Waals surface area contributed by atoms with Crippen LogP contribution in [0, 0.1) is 0 Å². The number of nitrogens with one attached hydrogen (secondary N) is 1. The highest BCUT2D eigenvalue weighted by Crippen LogP contribution is 2.29. The molecule has 1 aromatic carbocycles. The summed E-state index contributed by atoms with van der Waals surface area (Å²) in [6.07, 6.45) is 3.86. The molecule has 0 unspecified atom stereocenters. The number of imidazole rings is 1. The van der Waals surface area contributed by atoms with Gasteiger partial charge in [0, 0.05) is 29.5 Å². The van der Waals surface area contributed by atoms with Crippen molar-refractivity contribution < 1.29 is 4.74 Å². The number of fused-ring (bicyclic) bond motifs is 3. The highest BCUT2D eigenvalue weighted by molar-refractivity contribution is 6.31. The van der Waals surface area contributed by atoms with Crippen molar-refractivity contribution in [3.8, 4) is 0 Å². The number of rotatable bonds is 1. The molecule has 0 aliphatic carbocycles. The third-order valence-corrected chi connectivity index (χ3v) is 4.15. The lowest BCUT2D eigenvalue weighted by atomic mass is 10.00. The summed E-state index contributed by atoms with van der Waals surface area (Å²) in [5.41, 5.74) is 2.87. The van der Waals surface area contributed by atoms with E-state index in [-0.39, 0.29) is 0 Å². The lowest BCUT2D eigenvalue weighted by Gasteiger charge is -2.19. The van der Waals surface area contributed by atoms with Gasteiger partial charge in [-0.2, -0.15) is 0 Å². The average molecular weight is 288 g/mol. The summed E-state index contributed by atoms with van der Waals surface area (Å²) >= 11 is 6.10. The van der Waals surface area contributed by atoms with Crippen LogP contribution in [0.15, 0.2) is 24.4 Å². The van der Waals surface area contributed by atoms with E-state index in [0.717, 1.165) is 53.8 Å². The Hall–Kier alpha value is -1.65. The normalized spacial score (nSPS) is 17.1. The van der Waals surface area contributed by atoms with Gasteiger partial charge in [0.2, 0.25) is 0 Å². The molecule has 0 bridgehead atoms. The van der Waals surface area contributed by atoms with Crippen LogP contribution in [-0.4, -0.2) is 28.2 Å². The molecule has 1 aliphatic rings. The molecule has 0 amide bonds. The number of aromatic amines is 1. The fourth-order valence-corrected chi connectivity index (χ4v) is 2.99. The van der Waals surface area contributed by atoms with Crippen LogP contribution < -0.4 is 0 Å². The Kier molecular flexibility index (Phi) is 2.86. The largest absolute Gasteiger partial charge is 0.381 e. The zero-order valence-electron chi connectivity index (χ0n) is 10.9. The Bertz CT molecular complexity index is 777. The predicted molar refractivity (Wildman–Crippen MR) is 79.2 cm³/mol. The zero-order chi connectivity index (χ0) is 13.5. The Morgan fingerprint density at radius 2 is 2.05 bits per heavy atom. The second kappa shape index (κ2) is 4.72. The molecule has 0 atom stereocenters. The summed E-state index contributed by atoms with van der Waals surface area (Å²) < 4.78 is 5.41. The van der Waals surface area contributed by atoms with Gasteiger partial charge in [0.15, 0.2) is 0 Å². The number of H-pyrrole nitrogens is 1. The molecule has 1 saturated heterocycles. The van der Waals surface area contributed by atoms with E-state index in [1.807, 2.05) is 24.4 Å². The monoisotopic (exact) mass is 287 g/mol. The molecule has 3 heterocycles. The highest BCUT2D eigenvalue weighted by atomic mass is 35.5. The average Bonchev–Trinajstić information content (AvgIpc) is 2.93. The van der Waals surface area contributed by atoms with Gasteiger partial charge in [-0.15, -0.1) is 0 Å². The molecule has 0 radical (unpaired) electrons. The molecule has 3 aromatic rings. The first-order chi connectivity index (χ1) is 9.81. The maximum atomic E-state index is 6.10. The van der Waals surface area contributed by atoms with E-state index < -0.39 is 0 Å². The Morgan fingerprint density at radius 1 is 1.20 bits per heavy atom. The number of nitrogens with zero attached hydrogens (tertiary/aromatic N) is 2. The summed E-state index contributed by atoms with van der Waals surface area (Å²) in [4.78, 5) is 12.6. The SMILES string of the molecule is Clc1ccc2ncc3nc(C4CCOCC4)[nH]c3c2c1. The number of halogens is 1.